The first-order valence-electron chi connectivity index (χ1n) is 22.6. The second kappa shape index (κ2) is 15.0. The van der Waals surface area contributed by atoms with Crippen LogP contribution in [0.3, 0.4) is 0 Å². The largest absolute Gasteiger partial charge is 0.337 e. The molecule has 0 unspecified atom stereocenters. The number of nitrogens with zero attached hydrogens (tertiary/aromatic N) is 1. The van der Waals surface area contributed by atoms with E-state index in [-0.39, 0.29) is 0 Å². The number of fused-ring (bicyclic) bond motifs is 12. The van der Waals surface area contributed by atoms with E-state index in [1.165, 1.54) is 93.2 Å². The van der Waals surface area contributed by atoms with Gasteiger partial charge in [-0.3, -0.25) is 0 Å². The zero-order chi connectivity index (χ0) is 43.0. The number of hydrogen-bond acceptors (Lipinski definition) is 2. The molecule has 1 spiro atoms. The smallest absolute Gasteiger partial charge is 0.0736 e. The lowest BCUT2D eigenvalue weighted by Gasteiger charge is -2.40. The number of benzene rings is 10. The van der Waals surface area contributed by atoms with Crippen LogP contribution in [0.4, 0.5) is 11.4 Å². The van der Waals surface area contributed by atoms with E-state index in [1.54, 1.807) is 0 Å². The highest BCUT2D eigenvalue weighted by Crippen LogP contribution is 2.63. The SMILES string of the molecule is c1ccc(-c2ccc(N(Cc3ccccc3C3(c4ccccc4)c4ccccc4-c4ccccc43)c3ccc4c(c3)C3(c5ccccc5S4)c4ccccc4-c4ccccc43)cc2)cc1. The fourth-order valence-electron chi connectivity index (χ4n) is 11.7. The van der Waals surface area contributed by atoms with Gasteiger partial charge >= 0.3 is 0 Å². The van der Waals surface area contributed by atoms with Crippen LogP contribution in [0.1, 0.15) is 50.1 Å². The summed E-state index contributed by atoms with van der Waals surface area (Å²) in [6.07, 6.45) is 0. The van der Waals surface area contributed by atoms with E-state index in [1.807, 2.05) is 11.8 Å². The van der Waals surface area contributed by atoms with Crippen molar-refractivity contribution in [2.75, 3.05) is 4.90 Å². The fourth-order valence-corrected chi connectivity index (χ4v) is 12.9. The molecule has 0 N–H and O–H groups in total. The second-order valence-electron chi connectivity index (χ2n) is 17.5. The molecule has 1 aliphatic heterocycles. The quantitative estimate of drug-likeness (QED) is 0.157. The third-order valence-electron chi connectivity index (χ3n) is 14.3. The molecule has 1 heterocycles. The summed E-state index contributed by atoms with van der Waals surface area (Å²) in [4.78, 5) is 5.16. The van der Waals surface area contributed by atoms with E-state index in [0.29, 0.717) is 6.54 Å². The molecule has 0 fully saturated rings. The highest BCUT2D eigenvalue weighted by molar-refractivity contribution is 7.99. The Labute approximate surface area is 385 Å². The predicted octanol–water partition coefficient (Wildman–Crippen LogP) is 15.9. The normalized spacial score (nSPS) is 14.1. The molecule has 0 aromatic heterocycles. The first kappa shape index (κ1) is 37.9. The average Bonchev–Trinajstić information content (AvgIpc) is 3.85. The van der Waals surface area contributed by atoms with E-state index in [9.17, 15) is 0 Å². The minimum atomic E-state index is -0.522. The molecule has 0 bridgehead atoms. The number of hydrogen-bond donors (Lipinski definition) is 0. The Balaban J connectivity index is 1.05. The van der Waals surface area contributed by atoms with Crippen LogP contribution in [0, 0.1) is 0 Å². The van der Waals surface area contributed by atoms with Gasteiger partial charge in [0.15, 0.2) is 0 Å². The summed E-state index contributed by atoms with van der Waals surface area (Å²) < 4.78 is 0. The third-order valence-corrected chi connectivity index (χ3v) is 15.5. The molecule has 65 heavy (non-hydrogen) atoms. The van der Waals surface area contributed by atoms with Crippen LogP contribution in [0.5, 0.6) is 0 Å². The van der Waals surface area contributed by atoms with Crippen molar-refractivity contribution in [3.05, 3.63) is 299 Å². The van der Waals surface area contributed by atoms with E-state index < -0.39 is 10.8 Å². The van der Waals surface area contributed by atoms with Crippen molar-refractivity contribution in [1.82, 2.24) is 0 Å². The molecule has 306 valence electrons. The molecule has 0 saturated heterocycles. The second-order valence-corrected chi connectivity index (χ2v) is 18.6. The molecule has 2 heteroatoms. The maximum Gasteiger partial charge on any atom is 0.0736 e. The third kappa shape index (κ3) is 5.54. The highest BCUT2D eigenvalue weighted by atomic mass is 32.2. The molecule has 0 atom stereocenters. The Bertz CT molecular complexity index is 3350. The average molecular weight is 846 g/mol. The first-order valence-corrected chi connectivity index (χ1v) is 23.4. The van der Waals surface area contributed by atoms with E-state index in [2.05, 4.69) is 254 Å². The lowest BCUT2D eigenvalue weighted by molar-refractivity contribution is 0.721. The number of rotatable bonds is 7. The van der Waals surface area contributed by atoms with Crippen LogP contribution >= 0.6 is 11.8 Å². The van der Waals surface area contributed by atoms with Crippen LogP contribution in [0.15, 0.2) is 259 Å². The monoisotopic (exact) mass is 845 g/mol. The zero-order valence-corrected chi connectivity index (χ0v) is 36.6. The van der Waals surface area contributed by atoms with Gasteiger partial charge in [0.25, 0.3) is 0 Å². The van der Waals surface area contributed by atoms with Crippen molar-refractivity contribution in [3.63, 3.8) is 0 Å². The summed E-state index contributed by atoms with van der Waals surface area (Å²) in [6.45, 7) is 0.655. The lowest BCUT2D eigenvalue weighted by atomic mass is 9.66. The van der Waals surface area contributed by atoms with Crippen molar-refractivity contribution in [2.45, 2.75) is 27.2 Å². The van der Waals surface area contributed by atoms with Gasteiger partial charge in [0.2, 0.25) is 0 Å². The summed E-state index contributed by atoms with van der Waals surface area (Å²) in [5.74, 6) is 0. The van der Waals surface area contributed by atoms with Gasteiger partial charge < -0.3 is 4.90 Å². The summed E-state index contributed by atoms with van der Waals surface area (Å²) in [7, 11) is 0. The molecule has 3 aliphatic rings. The topological polar surface area (TPSA) is 3.24 Å². The van der Waals surface area contributed by atoms with E-state index in [4.69, 9.17) is 0 Å². The van der Waals surface area contributed by atoms with Crippen LogP contribution in [-0.2, 0) is 17.4 Å². The number of anilines is 2. The maximum absolute atomic E-state index is 2.56. The molecule has 0 radical (unpaired) electrons. The first-order chi connectivity index (χ1) is 32.2. The van der Waals surface area contributed by atoms with Gasteiger partial charge in [-0.25, -0.2) is 0 Å². The van der Waals surface area contributed by atoms with Crippen LogP contribution in [0.25, 0.3) is 33.4 Å². The van der Waals surface area contributed by atoms with Gasteiger partial charge in [-0.15, -0.1) is 0 Å². The van der Waals surface area contributed by atoms with Crippen molar-refractivity contribution in [1.29, 1.82) is 0 Å². The van der Waals surface area contributed by atoms with Crippen molar-refractivity contribution in [3.8, 4) is 33.4 Å². The van der Waals surface area contributed by atoms with Gasteiger partial charge in [0.05, 0.1) is 10.8 Å². The molecule has 10 aromatic rings. The van der Waals surface area contributed by atoms with Crippen LogP contribution in [0.2, 0.25) is 0 Å². The lowest BCUT2D eigenvalue weighted by Crippen LogP contribution is -2.32. The molecular formula is C63H43NS. The minimum Gasteiger partial charge on any atom is -0.337 e. The predicted molar refractivity (Wildman–Crippen MR) is 269 cm³/mol. The Kier molecular flexibility index (Phi) is 8.73. The van der Waals surface area contributed by atoms with Crippen LogP contribution in [-0.4, -0.2) is 0 Å². The van der Waals surface area contributed by atoms with Crippen molar-refractivity contribution >= 4 is 23.1 Å². The summed E-state index contributed by atoms with van der Waals surface area (Å²) >= 11 is 1.90. The fraction of sp³-hybridized carbons (Fsp3) is 0.0476. The van der Waals surface area contributed by atoms with Gasteiger partial charge in [0, 0.05) is 27.7 Å². The summed E-state index contributed by atoms with van der Waals surface area (Å²) in [5.41, 5.74) is 20.8. The zero-order valence-electron chi connectivity index (χ0n) is 35.7. The molecule has 0 saturated carbocycles. The van der Waals surface area contributed by atoms with Crippen molar-refractivity contribution in [2.24, 2.45) is 0 Å². The standard InChI is InChI=1S/C63H43NS/c1-3-19-43(20-4-1)44-35-37-47(38-36-44)64(42-45-21-7-12-28-53(45)62(46-22-5-2-6-23-46)54-29-13-8-24-49(54)50-25-9-14-30-55(50)62)48-39-40-61-59(41-48)63(58-33-17-18-34-60(58)65-61)56-31-15-10-26-51(56)52-27-11-16-32-57(52)63/h1-41H,42H2. The van der Waals surface area contributed by atoms with Gasteiger partial charge in [0.1, 0.15) is 0 Å². The molecule has 1 nitrogen and oxygen atoms in total. The Morgan fingerprint density at radius 1 is 0.308 bits per heavy atom. The molecule has 13 rings (SSSR count). The van der Waals surface area contributed by atoms with Gasteiger partial charge in [-0.05, 0) is 120 Å². The Morgan fingerprint density at radius 2 is 0.738 bits per heavy atom. The summed E-state index contributed by atoms with van der Waals surface area (Å²) in [6, 6.07) is 93.0. The van der Waals surface area contributed by atoms with Crippen molar-refractivity contribution < 1.29 is 0 Å². The molecule has 2 aliphatic carbocycles. The van der Waals surface area contributed by atoms with Gasteiger partial charge in [-0.1, -0.05) is 224 Å². The van der Waals surface area contributed by atoms with E-state index in [0.717, 1.165) is 11.4 Å². The Hall–Kier alpha value is -7.65. The van der Waals surface area contributed by atoms with Crippen LogP contribution < -0.4 is 4.90 Å². The van der Waals surface area contributed by atoms with Gasteiger partial charge in [-0.2, -0.15) is 0 Å². The highest BCUT2D eigenvalue weighted by Gasteiger charge is 2.51. The molecular weight excluding hydrogens is 803 g/mol. The Morgan fingerprint density at radius 3 is 1.34 bits per heavy atom. The molecule has 10 aromatic carbocycles. The molecule has 0 amide bonds. The van der Waals surface area contributed by atoms with E-state index >= 15 is 0 Å². The minimum absolute atomic E-state index is 0.476. The summed E-state index contributed by atoms with van der Waals surface area (Å²) in [5, 5.41) is 0. The maximum atomic E-state index is 2.56.